The molecular weight excluding hydrogens is 104 g/mol. The van der Waals surface area contributed by atoms with Crippen LogP contribution >= 0.6 is 0 Å². The third kappa shape index (κ3) is 3.46. The van der Waals surface area contributed by atoms with Gasteiger partial charge >= 0.3 is 6.03 Å². The lowest BCUT2D eigenvalue weighted by molar-refractivity contribution is 0.242. The van der Waals surface area contributed by atoms with Gasteiger partial charge in [0.05, 0.1) is 0 Å². The molecule has 0 spiro atoms. The summed E-state index contributed by atoms with van der Waals surface area (Å²) in [6.07, 6.45) is 0. The molecule has 3 heteroatoms. The van der Waals surface area contributed by atoms with E-state index in [1.54, 1.807) is 0 Å². The van der Waals surface area contributed by atoms with Crippen LogP contribution in [0.1, 0.15) is 27.4 Å². The van der Waals surface area contributed by atoms with Gasteiger partial charge in [0.2, 0.25) is 0 Å². The van der Waals surface area contributed by atoms with Gasteiger partial charge in [-0.1, -0.05) is 0 Å². The predicted octanol–water partition coefficient (Wildman–Crippen LogP) is 0.325. The number of amides is 2. The number of rotatable bonds is 2. The topological polar surface area (TPSA) is 41.1 Å². The molecule has 3 nitrogen and oxygen atoms in total. The third-order valence-electron chi connectivity index (χ3n) is 0.352. The second-order valence-corrected chi connectivity index (χ2v) is 0.829. The van der Waals surface area contributed by atoms with Gasteiger partial charge in [0, 0.05) is 26.7 Å². The molecule has 0 aromatic heterocycles. The van der Waals surface area contributed by atoms with E-state index in [1.165, 1.54) is 10.6 Å². The highest BCUT2D eigenvalue weighted by Gasteiger charge is 1.89. The zero-order valence-corrected chi connectivity index (χ0v) is 3.91. The number of carbonyl (C=O) groups is 1. The van der Waals surface area contributed by atoms with Crippen LogP contribution in [0.4, 0.5) is 4.79 Å². The zero-order valence-electron chi connectivity index (χ0n) is 13.9. The predicted molar refractivity (Wildman–Crippen MR) is 32.7 cm³/mol. The Kier molecular flexibility index (Phi) is 0.598. The van der Waals surface area contributed by atoms with E-state index in [9.17, 15) is 4.79 Å². The average Bonchev–Trinajstić information content (AvgIpc) is 1.95. The van der Waals surface area contributed by atoms with Gasteiger partial charge in [-0.25, -0.2) is 4.79 Å². The van der Waals surface area contributed by atoms with Crippen LogP contribution in [0.25, 0.3) is 0 Å². The Bertz CT molecular complexity index is 287. The number of hydrogen-bond donors (Lipinski definition) is 2. The van der Waals surface area contributed by atoms with Gasteiger partial charge in [-0.2, -0.15) is 0 Å². The van der Waals surface area contributed by atoms with E-state index < -0.39 is 32.7 Å². The van der Waals surface area contributed by atoms with Gasteiger partial charge in [-0.05, 0) is 13.7 Å². The van der Waals surface area contributed by atoms with E-state index in [0.717, 1.165) is 0 Å². The van der Waals surface area contributed by atoms with Crippen molar-refractivity contribution in [1.29, 1.82) is 0 Å². The minimum Gasteiger partial charge on any atom is -0.338 e. The number of urea groups is 1. The molecule has 0 atom stereocenters. The fourth-order valence-electron chi connectivity index (χ4n) is 0.145. The molecule has 0 saturated heterocycles. The summed E-state index contributed by atoms with van der Waals surface area (Å²) < 4.78 is 68.9. The van der Waals surface area contributed by atoms with Crippen LogP contribution in [0.5, 0.6) is 0 Å². The van der Waals surface area contributed by atoms with E-state index in [1.807, 2.05) is 0 Å². The molecule has 0 bridgehead atoms. The molecule has 0 rings (SSSR count). The maximum Gasteiger partial charge on any atom is 0.314 e. The van der Waals surface area contributed by atoms with Crippen LogP contribution in [-0.4, -0.2) is 19.0 Å². The molecule has 0 heterocycles. The summed E-state index contributed by atoms with van der Waals surface area (Å²) in [4.78, 5) is 11.2. The molecule has 0 fully saturated rings. The first kappa shape index (κ1) is 1.08. The lowest BCUT2D eigenvalue weighted by atomic mass is 10.7. The van der Waals surface area contributed by atoms with Gasteiger partial charge < -0.3 is 10.6 Å². The third-order valence-corrected chi connectivity index (χ3v) is 0.352. The Morgan fingerprint density at radius 2 is 2.12 bits per heavy atom. The quantitative estimate of drug-likeness (QED) is 0.550. The molecule has 0 radical (unpaired) electrons. The minimum atomic E-state index is -3.17. The summed E-state index contributed by atoms with van der Waals surface area (Å²) >= 11 is 0. The molecule has 0 unspecified atom stereocenters. The maximum atomic E-state index is 11.2. The normalized spacial score (nSPS) is 33.5. The van der Waals surface area contributed by atoms with Crippen molar-refractivity contribution in [2.24, 2.45) is 0 Å². The summed E-state index contributed by atoms with van der Waals surface area (Å²) in [5, 5.41) is 2.71. The van der Waals surface area contributed by atoms with E-state index in [2.05, 4.69) is 0 Å². The summed E-state index contributed by atoms with van der Waals surface area (Å²) in [5.41, 5.74) is 0. The SMILES string of the molecule is [2H]C([2H])([2H])C([2H])([2H])NC(=O)NC([2H])([2H])C([2H])([2H])[2H]. The largest absolute Gasteiger partial charge is 0.338 e. The smallest absolute Gasteiger partial charge is 0.314 e. The van der Waals surface area contributed by atoms with E-state index in [4.69, 9.17) is 13.7 Å². The lowest BCUT2D eigenvalue weighted by Crippen LogP contribution is -2.34. The number of hydrogen-bond acceptors (Lipinski definition) is 1. The van der Waals surface area contributed by atoms with Gasteiger partial charge in [0.25, 0.3) is 0 Å². The van der Waals surface area contributed by atoms with Gasteiger partial charge in [0.1, 0.15) is 0 Å². The molecule has 2 N–H and O–H groups in total. The van der Waals surface area contributed by atoms with Gasteiger partial charge in [0.15, 0.2) is 0 Å². The second kappa shape index (κ2) is 4.43. The maximum absolute atomic E-state index is 11.2. The Morgan fingerprint density at radius 1 is 1.62 bits per heavy atom. The van der Waals surface area contributed by atoms with Crippen molar-refractivity contribution in [3.8, 4) is 0 Å². The van der Waals surface area contributed by atoms with Crippen LogP contribution in [0.3, 0.4) is 0 Å². The average molecular weight is 126 g/mol. The van der Waals surface area contributed by atoms with Crippen molar-refractivity contribution in [3.63, 3.8) is 0 Å². The first-order valence-electron chi connectivity index (χ1n) is 6.70. The Morgan fingerprint density at radius 3 is 2.50 bits per heavy atom. The minimum absolute atomic E-state index is 1.36. The van der Waals surface area contributed by atoms with E-state index >= 15 is 0 Å². The second-order valence-electron chi connectivity index (χ2n) is 0.829. The Balaban J connectivity index is 4.75. The molecule has 0 aliphatic carbocycles. The molecular formula is C5H12N2O. The molecule has 2 amide bonds. The molecule has 48 valence electrons. The Labute approximate surface area is 63.5 Å². The summed E-state index contributed by atoms with van der Waals surface area (Å²) in [6.45, 7) is -12.6. The standard InChI is InChI=1S/C5H12N2O/c1-3-6-5(8)7-4-2/h3-4H2,1-2H3,(H2,6,7,8)/i1D3,2D3,3D2,4D2. The first-order chi connectivity index (χ1) is 7.60. The molecule has 0 aromatic carbocycles. The highest BCUT2D eigenvalue weighted by Crippen LogP contribution is 1.60. The molecule has 0 saturated carbocycles. The summed E-state index contributed by atoms with van der Waals surface area (Å²) in [6, 6.07) is -1.57. The van der Waals surface area contributed by atoms with Gasteiger partial charge in [-0.3, -0.25) is 0 Å². The van der Waals surface area contributed by atoms with Crippen LogP contribution in [0.15, 0.2) is 0 Å². The van der Waals surface area contributed by atoms with Crippen LogP contribution < -0.4 is 10.6 Å². The molecule has 0 aliphatic rings. The molecule has 8 heavy (non-hydrogen) atoms. The fourth-order valence-corrected chi connectivity index (χ4v) is 0.145. The van der Waals surface area contributed by atoms with Crippen molar-refractivity contribution in [2.75, 3.05) is 13.0 Å². The van der Waals surface area contributed by atoms with Crippen molar-refractivity contribution < 1.29 is 18.5 Å². The van der Waals surface area contributed by atoms with Gasteiger partial charge in [-0.15, -0.1) is 0 Å². The zero-order chi connectivity index (χ0) is 15.0. The highest BCUT2D eigenvalue weighted by atomic mass is 16.2. The van der Waals surface area contributed by atoms with Crippen molar-refractivity contribution in [1.82, 2.24) is 10.6 Å². The molecule has 0 aromatic rings. The highest BCUT2D eigenvalue weighted by molar-refractivity contribution is 5.73. The molecule has 0 aliphatic heterocycles. The van der Waals surface area contributed by atoms with Crippen molar-refractivity contribution >= 4 is 6.03 Å². The monoisotopic (exact) mass is 126 g/mol. The number of carbonyl (C=O) groups excluding carboxylic acids is 1. The summed E-state index contributed by atoms with van der Waals surface area (Å²) in [7, 11) is 0. The first-order valence-corrected chi connectivity index (χ1v) is 1.70. The lowest BCUT2D eigenvalue weighted by Gasteiger charge is -1.99. The Hall–Kier alpha value is -0.730. The van der Waals surface area contributed by atoms with Crippen LogP contribution in [0.2, 0.25) is 0 Å². The van der Waals surface area contributed by atoms with E-state index in [0.29, 0.717) is 0 Å². The van der Waals surface area contributed by atoms with Crippen LogP contribution in [-0.2, 0) is 0 Å². The van der Waals surface area contributed by atoms with Crippen molar-refractivity contribution in [2.45, 2.75) is 13.7 Å². The van der Waals surface area contributed by atoms with E-state index in [-0.39, 0.29) is 0 Å². The number of nitrogens with one attached hydrogen (secondary N) is 2. The van der Waals surface area contributed by atoms with Crippen LogP contribution in [0, 0.1) is 0 Å². The summed E-state index contributed by atoms with van der Waals surface area (Å²) in [5.74, 6) is 0. The fraction of sp³-hybridized carbons (Fsp3) is 0.800. The van der Waals surface area contributed by atoms with Crippen molar-refractivity contribution in [3.05, 3.63) is 0 Å².